The van der Waals surface area contributed by atoms with Crippen LogP contribution in [0.5, 0.6) is 0 Å². The minimum absolute atomic E-state index is 0.0192. The van der Waals surface area contributed by atoms with E-state index in [1.165, 1.54) is 0 Å². The maximum Gasteiger partial charge on any atom is 0.336 e. The van der Waals surface area contributed by atoms with Gasteiger partial charge >= 0.3 is 8.56 Å². The molecule has 0 aromatic carbocycles. The summed E-state index contributed by atoms with van der Waals surface area (Å²) in [6.07, 6.45) is 0. The zero-order valence-corrected chi connectivity index (χ0v) is 17.5. The summed E-state index contributed by atoms with van der Waals surface area (Å²) in [5, 5.41) is 0. The largest absolute Gasteiger partial charge is 0.395 e. The standard InChI is InChI=1S/C13H35NO2Si3/c1-10-15-19(9,12-11-14)16-13(2,17(3,4)5)18(6,7)8/h10-12,14H2,1-9H3. The lowest BCUT2D eigenvalue weighted by atomic mass is 10.8. The van der Waals surface area contributed by atoms with Crippen LogP contribution in [-0.4, -0.2) is 42.7 Å². The van der Waals surface area contributed by atoms with Gasteiger partial charge in [0.05, 0.1) is 16.1 Å². The Morgan fingerprint density at radius 1 is 0.947 bits per heavy atom. The molecule has 0 aliphatic heterocycles. The summed E-state index contributed by atoms with van der Waals surface area (Å²) in [5.74, 6) is 0. The molecule has 0 bridgehead atoms. The van der Waals surface area contributed by atoms with Crippen molar-refractivity contribution < 1.29 is 8.85 Å². The van der Waals surface area contributed by atoms with E-state index >= 15 is 0 Å². The topological polar surface area (TPSA) is 44.5 Å². The second-order valence-electron chi connectivity index (χ2n) is 7.74. The first-order valence-corrected chi connectivity index (χ1v) is 16.9. The van der Waals surface area contributed by atoms with Crippen LogP contribution < -0.4 is 5.73 Å². The average molecular weight is 322 g/mol. The van der Waals surface area contributed by atoms with Gasteiger partial charge in [0.15, 0.2) is 0 Å². The van der Waals surface area contributed by atoms with Crippen molar-refractivity contribution >= 4 is 24.7 Å². The van der Waals surface area contributed by atoms with Crippen LogP contribution >= 0.6 is 0 Å². The minimum Gasteiger partial charge on any atom is -0.395 e. The molecule has 3 nitrogen and oxygen atoms in total. The summed E-state index contributed by atoms with van der Waals surface area (Å²) >= 11 is 0. The van der Waals surface area contributed by atoms with Crippen molar-refractivity contribution in [3.63, 3.8) is 0 Å². The number of rotatable bonds is 8. The first-order valence-electron chi connectivity index (χ1n) is 7.37. The molecule has 19 heavy (non-hydrogen) atoms. The predicted molar refractivity (Wildman–Crippen MR) is 93.3 cm³/mol. The van der Waals surface area contributed by atoms with Crippen molar-refractivity contribution in [1.29, 1.82) is 0 Å². The highest BCUT2D eigenvalue weighted by Crippen LogP contribution is 2.37. The van der Waals surface area contributed by atoms with Crippen molar-refractivity contribution in [3.05, 3.63) is 0 Å². The van der Waals surface area contributed by atoms with E-state index in [0.717, 1.165) is 12.7 Å². The molecule has 0 aromatic heterocycles. The molecular weight excluding hydrogens is 286 g/mol. The maximum absolute atomic E-state index is 6.80. The number of hydrogen-bond acceptors (Lipinski definition) is 3. The van der Waals surface area contributed by atoms with E-state index in [2.05, 4.69) is 52.8 Å². The van der Waals surface area contributed by atoms with Crippen molar-refractivity contribution in [2.75, 3.05) is 13.2 Å². The van der Waals surface area contributed by atoms with Crippen LogP contribution in [0.25, 0.3) is 0 Å². The van der Waals surface area contributed by atoms with E-state index < -0.39 is 24.7 Å². The zero-order chi connectivity index (χ0) is 15.5. The highest BCUT2D eigenvalue weighted by Gasteiger charge is 2.54. The second kappa shape index (κ2) is 6.53. The first kappa shape index (κ1) is 19.5. The summed E-state index contributed by atoms with van der Waals surface area (Å²) in [6, 6.07) is 0.880. The third-order valence-corrected chi connectivity index (χ3v) is 18.1. The molecule has 0 radical (unpaired) electrons. The molecule has 0 saturated heterocycles. The predicted octanol–water partition coefficient (Wildman–Crippen LogP) is 3.58. The molecule has 0 heterocycles. The van der Waals surface area contributed by atoms with Gasteiger partial charge in [0.1, 0.15) is 0 Å². The van der Waals surface area contributed by atoms with Crippen molar-refractivity contribution in [2.45, 2.75) is 70.6 Å². The van der Waals surface area contributed by atoms with E-state index in [9.17, 15) is 0 Å². The fourth-order valence-electron chi connectivity index (χ4n) is 2.58. The molecule has 0 spiro atoms. The van der Waals surface area contributed by atoms with Crippen molar-refractivity contribution in [2.24, 2.45) is 5.73 Å². The van der Waals surface area contributed by atoms with Gasteiger partial charge < -0.3 is 14.6 Å². The van der Waals surface area contributed by atoms with Gasteiger partial charge in [0.2, 0.25) is 0 Å². The van der Waals surface area contributed by atoms with Crippen LogP contribution in [0.2, 0.25) is 51.9 Å². The van der Waals surface area contributed by atoms with E-state index in [1.54, 1.807) is 0 Å². The summed E-state index contributed by atoms with van der Waals surface area (Å²) in [4.78, 5) is 0.0192. The summed E-state index contributed by atoms with van der Waals surface area (Å²) in [5.41, 5.74) is 5.78. The molecule has 0 aliphatic carbocycles. The average Bonchev–Trinajstić information content (AvgIpc) is 2.14. The van der Waals surface area contributed by atoms with Gasteiger partial charge in [0.25, 0.3) is 0 Å². The molecule has 0 saturated carbocycles. The second-order valence-corrected chi connectivity index (χ2v) is 22.4. The van der Waals surface area contributed by atoms with Crippen LogP contribution in [0.1, 0.15) is 13.8 Å². The SMILES string of the molecule is CCO[Si](C)(CCN)OC(C)([Si](C)(C)C)[Si](C)(C)C. The summed E-state index contributed by atoms with van der Waals surface area (Å²) < 4.78 is 12.8. The van der Waals surface area contributed by atoms with Gasteiger partial charge in [-0.15, -0.1) is 0 Å². The van der Waals surface area contributed by atoms with E-state index in [0.29, 0.717) is 6.54 Å². The minimum atomic E-state index is -2.16. The van der Waals surface area contributed by atoms with Gasteiger partial charge in [-0.2, -0.15) is 0 Å². The monoisotopic (exact) mass is 321 g/mol. The molecule has 116 valence electrons. The fourth-order valence-corrected chi connectivity index (χ4v) is 17.6. The van der Waals surface area contributed by atoms with Crippen LogP contribution in [0, 0.1) is 0 Å². The van der Waals surface area contributed by atoms with Gasteiger partial charge in [-0.05, 0) is 26.9 Å². The Morgan fingerprint density at radius 3 is 1.63 bits per heavy atom. The van der Waals surface area contributed by atoms with E-state index in [-0.39, 0.29) is 4.85 Å². The molecule has 6 heteroatoms. The first-order chi connectivity index (χ1) is 8.33. The smallest absolute Gasteiger partial charge is 0.336 e. The Hall–Kier alpha value is 0.531. The lowest BCUT2D eigenvalue weighted by Gasteiger charge is -2.52. The number of nitrogens with two attached hydrogens (primary N) is 1. The van der Waals surface area contributed by atoms with E-state index in [4.69, 9.17) is 14.6 Å². The Balaban J connectivity index is 5.44. The fraction of sp³-hybridized carbons (Fsp3) is 1.00. The van der Waals surface area contributed by atoms with Crippen LogP contribution in [-0.2, 0) is 8.85 Å². The lowest BCUT2D eigenvalue weighted by molar-refractivity contribution is 0.138. The van der Waals surface area contributed by atoms with E-state index in [1.807, 2.05) is 6.92 Å². The molecule has 1 atom stereocenters. The van der Waals surface area contributed by atoms with Crippen LogP contribution in [0.15, 0.2) is 0 Å². The molecule has 0 fully saturated rings. The molecule has 0 aromatic rings. The Bertz CT molecular complexity index is 265. The lowest BCUT2D eigenvalue weighted by Crippen LogP contribution is -2.70. The Kier molecular flexibility index (Phi) is 6.71. The van der Waals surface area contributed by atoms with Crippen LogP contribution in [0.3, 0.4) is 0 Å². The highest BCUT2D eigenvalue weighted by atomic mass is 28.4. The van der Waals surface area contributed by atoms with Crippen molar-refractivity contribution in [1.82, 2.24) is 0 Å². The van der Waals surface area contributed by atoms with Gasteiger partial charge in [-0.25, -0.2) is 0 Å². The third kappa shape index (κ3) is 4.79. The molecule has 0 aliphatic rings. The molecule has 0 rings (SSSR count). The van der Waals surface area contributed by atoms with Crippen LogP contribution in [0.4, 0.5) is 0 Å². The third-order valence-electron chi connectivity index (χ3n) is 4.33. The van der Waals surface area contributed by atoms with Gasteiger partial charge in [-0.1, -0.05) is 39.3 Å². The Labute approximate surface area is 123 Å². The highest BCUT2D eigenvalue weighted by molar-refractivity contribution is 6.99. The number of hydrogen-bond donors (Lipinski definition) is 1. The van der Waals surface area contributed by atoms with Crippen molar-refractivity contribution in [3.8, 4) is 0 Å². The molecule has 2 N–H and O–H groups in total. The normalized spacial score (nSPS) is 17.4. The quantitative estimate of drug-likeness (QED) is 0.695. The molecular formula is C13H35NO2Si3. The zero-order valence-electron chi connectivity index (χ0n) is 14.5. The summed E-state index contributed by atoms with van der Waals surface area (Å²) in [6.45, 7) is 22.4. The van der Waals surface area contributed by atoms with Gasteiger partial charge in [-0.3, -0.25) is 0 Å². The molecule has 1 unspecified atom stereocenters. The molecule has 0 amide bonds. The maximum atomic E-state index is 6.80. The Morgan fingerprint density at radius 2 is 1.37 bits per heavy atom. The van der Waals surface area contributed by atoms with Gasteiger partial charge in [0, 0.05) is 17.5 Å². The summed E-state index contributed by atoms with van der Waals surface area (Å²) in [7, 11) is -5.08.